The number of methoxy groups -OCH3 is 1. The Morgan fingerprint density at radius 1 is 1.45 bits per heavy atom. The van der Waals surface area contributed by atoms with E-state index < -0.39 is 0 Å². The van der Waals surface area contributed by atoms with Crippen LogP contribution in [0.1, 0.15) is 24.2 Å². The fourth-order valence-electron chi connectivity index (χ4n) is 2.01. The van der Waals surface area contributed by atoms with Crippen LogP contribution in [0.15, 0.2) is 24.5 Å². The number of benzene rings is 1. The van der Waals surface area contributed by atoms with Crippen molar-refractivity contribution in [2.24, 2.45) is 0 Å². The first-order chi connectivity index (χ1) is 9.74. The lowest BCUT2D eigenvalue weighted by molar-refractivity contribution is 0.386. The van der Waals surface area contributed by atoms with Crippen molar-refractivity contribution in [2.45, 2.75) is 32.0 Å². The van der Waals surface area contributed by atoms with E-state index in [1.54, 1.807) is 17.1 Å². The lowest BCUT2D eigenvalue weighted by atomic mass is 10.2. The molecule has 0 aliphatic heterocycles. The molecule has 0 bridgehead atoms. The van der Waals surface area contributed by atoms with E-state index in [2.05, 4.69) is 15.4 Å². The molecule has 1 aromatic carbocycles. The summed E-state index contributed by atoms with van der Waals surface area (Å²) in [4.78, 5) is 4.24. The van der Waals surface area contributed by atoms with Crippen molar-refractivity contribution in [3.8, 4) is 5.75 Å². The zero-order valence-corrected chi connectivity index (χ0v) is 11.3. The van der Waals surface area contributed by atoms with E-state index in [-0.39, 0.29) is 11.6 Å². The molecule has 1 fully saturated rings. The number of nitrogens with one attached hydrogen (secondary N) is 1. The van der Waals surface area contributed by atoms with Gasteiger partial charge in [0.15, 0.2) is 17.4 Å². The highest BCUT2D eigenvalue weighted by molar-refractivity contribution is 5.29. The summed E-state index contributed by atoms with van der Waals surface area (Å²) >= 11 is 0. The minimum Gasteiger partial charge on any atom is -0.494 e. The van der Waals surface area contributed by atoms with Crippen LogP contribution >= 0.6 is 0 Å². The van der Waals surface area contributed by atoms with Crippen molar-refractivity contribution < 1.29 is 9.13 Å². The highest BCUT2D eigenvalue weighted by Crippen LogP contribution is 2.19. The Kier molecular flexibility index (Phi) is 3.64. The molecule has 1 aromatic heterocycles. The van der Waals surface area contributed by atoms with Crippen molar-refractivity contribution in [2.75, 3.05) is 7.11 Å². The Morgan fingerprint density at radius 3 is 3.00 bits per heavy atom. The van der Waals surface area contributed by atoms with Gasteiger partial charge >= 0.3 is 0 Å². The Labute approximate surface area is 116 Å². The number of halogens is 1. The molecule has 0 spiro atoms. The smallest absolute Gasteiger partial charge is 0.165 e. The molecule has 1 N–H and O–H groups in total. The minimum absolute atomic E-state index is 0.252. The molecule has 5 nitrogen and oxygen atoms in total. The molecule has 0 unspecified atom stereocenters. The second-order valence-electron chi connectivity index (χ2n) is 4.98. The Balaban J connectivity index is 1.63. The Hall–Kier alpha value is -1.95. The van der Waals surface area contributed by atoms with Gasteiger partial charge in [-0.2, -0.15) is 5.10 Å². The summed E-state index contributed by atoms with van der Waals surface area (Å²) in [5.41, 5.74) is 0.829. The molecular weight excluding hydrogens is 259 g/mol. The normalized spacial score (nSPS) is 14.5. The maximum absolute atomic E-state index is 13.6. The van der Waals surface area contributed by atoms with Crippen LogP contribution in [0.25, 0.3) is 0 Å². The SMILES string of the molecule is COc1ccc(Cn2cnc(CNC3CC3)n2)cc1F. The van der Waals surface area contributed by atoms with Crippen LogP contribution < -0.4 is 10.1 Å². The summed E-state index contributed by atoms with van der Waals surface area (Å²) in [6.45, 7) is 1.19. The summed E-state index contributed by atoms with van der Waals surface area (Å²) in [6.07, 6.45) is 4.16. The Morgan fingerprint density at radius 2 is 2.30 bits per heavy atom. The minimum atomic E-state index is -0.360. The van der Waals surface area contributed by atoms with E-state index in [1.807, 2.05) is 6.07 Å². The van der Waals surface area contributed by atoms with Gasteiger partial charge in [0.1, 0.15) is 6.33 Å². The van der Waals surface area contributed by atoms with Gasteiger partial charge in [0.05, 0.1) is 20.2 Å². The van der Waals surface area contributed by atoms with Crippen LogP contribution in [-0.4, -0.2) is 27.9 Å². The average molecular weight is 276 g/mol. The van der Waals surface area contributed by atoms with E-state index in [1.165, 1.54) is 26.0 Å². The van der Waals surface area contributed by atoms with Crippen LogP contribution in [0.4, 0.5) is 4.39 Å². The third-order valence-corrected chi connectivity index (χ3v) is 3.27. The summed E-state index contributed by atoms with van der Waals surface area (Å²) in [5, 5.41) is 7.73. The van der Waals surface area contributed by atoms with Crippen LogP contribution in [0, 0.1) is 5.82 Å². The number of nitrogens with zero attached hydrogens (tertiary/aromatic N) is 3. The van der Waals surface area contributed by atoms with Gasteiger partial charge in [-0.1, -0.05) is 6.07 Å². The van der Waals surface area contributed by atoms with Gasteiger partial charge < -0.3 is 10.1 Å². The van der Waals surface area contributed by atoms with Gasteiger partial charge in [-0.3, -0.25) is 0 Å². The van der Waals surface area contributed by atoms with Crippen molar-refractivity contribution >= 4 is 0 Å². The van der Waals surface area contributed by atoms with Crippen molar-refractivity contribution in [3.05, 3.63) is 41.7 Å². The highest BCUT2D eigenvalue weighted by atomic mass is 19.1. The summed E-state index contributed by atoms with van der Waals surface area (Å²) < 4.78 is 20.2. The van der Waals surface area contributed by atoms with E-state index in [9.17, 15) is 4.39 Å². The number of aromatic nitrogens is 3. The lowest BCUT2D eigenvalue weighted by Crippen LogP contribution is -2.16. The van der Waals surface area contributed by atoms with Gasteiger partial charge in [0, 0.05) is 6.04 Å². The van der Waals surface area contributed by atoms with Crippen LogP contribution in [0.5, 0.6) is 5.75 Å². The van der Waals surface area contributed by atoms with E-state index in [0.717, 1.165) is 11.4 Å². The average Bonchev–Trinajstić information content (AvgIpc) is 3.17. The predicted molar refractivity (Wildman–Crippen MR) is 71.9 cm³/mol. The molecule has 2 aromatic rings. The zero-order valence-electron chi connectivity index (χ0n) is 11.3. The predicted octanol–water partition coefficient (Wildman–Crippen LogP) is 1.73. The van der Waals surface area contributed by atoms with E-state index in [0.29, 0.717) is 19.1 Å². The molecule has 3 rings (SSSR count). The molecule has 0 radical (unpaired) electrons. The van der Waals surface area contributed by atoms with Gasteiger partial charge in [0.2, 0.25) is 0 Å². The quantitative estimate of drug-likeness (QED) is 0.873. The maximum Gasteiger partial charge on any atom is 0.165 e. The molecule has 0 atom stereocenters. The molecule has 1 aliphatic carbocycles. The molecule has 1 aliphatic rings. The third-order valence-electron chi connectivity index (χ3n) is 3.27. The molecule has 1 heterocycles. The number of hydrogen-bond acceptors (Lipinski definition) is 4. The van der Waals surface area contributed by atoms with Crippen LogP contribution in [0.3, 0.4) is 0 Å². The molecule has 6 heteroatoms. The first-order valence-corrected chi connectivity index (χ1v) is 6.69. The number of rotatable bonds is 6. The molecule has 0 saturated heterocycles. The highest BCUT2D eigenvalue weighted by Gasteiger charge is 2.20. The molecule has 0 amide bonds. The fourth-order valence-corrected chi connectivity index (χ4v) is 2.01. The molecule has 20 heavy (non-hydrogen) atoms. The lowest BCUT2D eigenvalue weighted by Gasteiger charge is -2.05. The monoisotopic (exact) mass is 276 g/mol. The molecular formula is C14H17FN4O. The van der Waals surface area contributed by atoms with Gasteiger partial charge in [-0.15, -0.1) is 0 Å². The fraction of sp³-hybridized carbons (Fsp3) is 0.429. The molecule has 1 saturated carbocycles. The van der Waals surface area contributed by atoms with E-state index >= 15 is 0 Å². The largest absolute Gasteiger partial charge is 0.494 e. The summed E-state index contributed by atoms with van der Waals surface area (Å²) in [7, 11) is 1.45. The van der Waals surface area contributed by atoms with Crippen LogP contribution in [-0.2, 0) is 13.1 Å². The first kappa shape index (κ1) is 13.1. The van der Waals surface area contributed by atoms with Crippen molar-refractivity contribution in [1.82, 2.24) is 20.1 Å². The summed E-state index contributed by atoms with van der Waals surface area (Å²) in [5.74, 6) is 0.660. The van der Waals surface area contributed by atoms with Crippen LogP contribution in [0.2, 0.25) is 0 Å². The summed E-state index contributed by atoms with van der Waals surface area (Å²) in [6, 6.07) is 5.54. The maximum atomic E-state index is 13.6. The van der Waals surface area contributed by atoms with Gasteiger partial charge in [-0.05, 0) is 30.5 Å². The number of hydrogen-bond donors (Lipinski definition) is 1. The zero-order chi connectivity index (χ0) is 13.9. The van der Waals surface area contributed by atoms with Crippen molar-refractivity contribution in [1.29, 1.82) is 0 Å². The van der Waals surface area contributed by atoms with Gasteiger partial charge in [-0.25, -0.2) is 14.1 Å². The third kappa shape index (κ3) is 3.14. The standard InChI is InChI=1S/C14H17FN4O/c1-20-13-5-2-10(6-12(13)15)8-19-9-17-14(18-19)7-16-11-3-4-11/h2,5-6,9,11,16H,3-4,7-8H2,1H3. The Bertz CT molecular complexity index is 595. The van der Waals surface area contributed by atoms with E-state index in [4.69, 9.17) is 4.74 Å². The first-order valence-electron chi connectivity index (χ1n) is 6.69. The second-order valence-corrected chi connectivity index (χ2v) is 4.98. The number of ether oxygens (including phenoxy) is 1. The topological polar surface area (TPSA) is 52.0 Å². The van der Waals surface area contributed by atoms with Gasteiger partial charge in [0.25, 0.3) is 0 Å². The molecule has 106 valence electrons. The second kappa shape index (κ2) is 5.58. The van der Waals surface area contributed by atoms with Crippen molar-refractivity contribution in [3.63, 3.8) is 0 Å².